The predicted molar refractivity (Wildman–Crippen MR) is 74.2 cm³/mol. The van der Waals surface area contributed by atoms with Crippen LogP contribution in [0.25, 0.3) is 0 Å². The fraction of sp³-hybridized carbons (Fsp3) is 0.500. The average molecular weight is 969 g/mol. The first-order valence-electron chi connectivity index (χ1n) is 6.34. The van der Waals surface area contributed by atoms with Crippen molar-refractivity contribution in [1.29, 1.82) is 0 Å². The molecule has 17 heteroatoms. The minimum absolute atomic E-state index is 0. The Bertz CT molecular complexity index is 521. The van der Waals surface area contributed by atoms with Crippen LogP contribution < -0.4 is 0 Å². The molecule has 0 unspecified atom stereocenters. The first kappa shape index (κ1) is 38.4. The van der Waals surface area contributed by atoms with Crippen molar-refractivity contribution < 1.29 is 133 Å². The fourth-order valence-corrected chi connectivity index (χ4v) is 1.43. The van der Waals surface area contributed by atoms with E-state index in [1.807, 2.05) is 0 Å². The first-order valence-corrected chi connectivity index (χ1v) is 6.34. The van der Waals surface area contributed by atoms with Crippen molar-refractivity contribution in [3.63, 3.8) is 0 Å². The number of aliphatic hydroxyl groups is 2. The monoisotopic (exact) mass is 969 g/mol. The maximum atomic E-state index is 10.3. The molecule has 0 fully saturated rings. The van der Waals surface area contributed by atoms with E-state index in [0.717, 1.165) is 0 Å². The number of aliphatic carboxylic acids is 6. The topological polar surface area (TPSA) is 264 Å². The van der Waals surface area contributed by atoms with Gasteiger partial charge < -0.3 is 40.9 Å². The van der Waals surface area contributed by atoms with Gasteiger partial charge in [-0.25, -0.2) is 9.59 Å². The number of carbonyl (C=O) groups is 6. The third kappa shape index (κ3) is 17.4. The Morgan fingerprint density at radius 3 is 0.655 bits per heavy atom. The van der Waals surface area contributed by atoms with Gasteiger partial charge in [0.05, 0.1) is 25.7 Å². The Balaban J connectivity index is -0.000000120. The van der Waals surface area contributed by atoms with Crippen molar-refractivity contribution in [3.8, 4) is 0 Å². The summed E-state index contributed by atoms with van der Waals surface area (Å²) in [6, 6.07) is 0. The molecule has 0 saturated carbocycles. The van der Waals surface area contributed by atoms with Crippen LogP contribution in [-0.2, 0) is 92.0 Å². The van der Waals surface area contributed by atoms with Gasteiger partial charge in [0.25, 0.3) is 0 Å². The van der Waals surface area contributed by atoms with Crippen LogP contribution in [0.15, 0.2) is 0 Å². The van der Waals surface area contributed by atoms with E-state index in [1.165, 1.54) is 0 Å². The maximum absolute atomic E-state index is 10.3. The van der Waals surface area contributed by atoms with Crippen LogP contribution in [0.1, 0.15) is 25.7 Å². The first-order chi connectivity index (χ1) is 11.6. The van der Waals surface area contributed by atoms with Crippen molar-refractivity contribution in [3.05, 3.63) is 0 Å². The molecule has 29 heavy (non-hydrogen) atoms. The summed E-state index contributed by atoms with van der Waals surface area (Å²) in [6.45, 7) is 0. The second-order valence-corrected chi connectivity index (χ2v) is 4.96. The van der Waals surface area contributed by atoms with Crippen LogP contribution in [-0.4, -0.2) is 87.9 Å². The summed E-state index contributed by atoms with van der Waals surface area (Å²) in [5.74, 6) is -10.0. The van der Waals surface area contributed by atoms with Gasteiger partial charge in [0.2, 0.25) is 0 Å². The largest absolute Gasteiger partial charge is 0.481 e. The van der Waals surface area contributed by atoms with Crippen molar-refractivity contribution in [2.24, 2.45) is 0 Å². The van der Waals surface area contributed by atoms with E-state index in [4.69, 9.17) is 40.9 Å². The number of carboxylic acid groups (broad SMARTS) is 6. The quantitative estimate of drug-likeness (QED) is 0.113. The van der Waals surface area contributed by atoms with Crippen molar-refractivity contribution in [2.75, 3.05) is 0 Å². The van der Waals surface area contributed by atoms with E-state index in [-0.39, 0.29) is 63.2 Å². The van der Waals surface area contributed by atoms with Gasteiger partial charge in [-0.05, 0) is 0 Å². The molecule has 0 aliphatic carbocycles. The van der Waals surface area contributed by atoms with Crippen LogP contribution in [0.4, 0.5) is 0 Å². The van der Waals surface area contributed by atoms with Gasteiger partial charge in [-0.2, -0.15) is 0 Å². The molecule has 0 spiro atoms. The molecule has 178 valence electrons. The number of rotatable bonds is 10. The number of hydrogen-bond acceptors (Lipinski definition) is 8. The number of carboxylic acids is 6. The smallest absolute Gasteiger partial charge is 0.336 e. The molecule has 0 aromatic carbocycles. The second-order valence-electron chi connectivity index (χ2n) is 4.96. The summed E-state index contributed by atoms with van der Waals surface area (Å²) in [6.07, 6.45) is -4.58. The summed E-state index contributed by atoms with van der Waals surface area (Å²) in [5, 5.41) is 67.6. The molecule has 0 atom stereocenters. The molecule has 0 radical (unpaired) electrons. The molecule has 8 N–H and O–H groups in total. The summed E-state index contributed by atoms with van der Waals surface area (Å²) in [5.41, 5.74) is -5.48. The van der Waals surface area contributed by atoms with Crippen LogP contribution in [0, 0.1) is 0 Å². The zero-order valence-electron chi connectivity index (χ0n) is 13.8. The maximum Gasteiger partial charge on any atom is 0.336 e. The third-order valence-corrected chi connectivity index (χ3v) is 2.57. The Hall–Kier alpha value is -1.20. The molecule has 0 aliphatic heterocycles. The molecule has 0 saturated heterocycles. The zero-order chi connectivity index (χ0) is 21.3. The van der Waals surface area contributed by atoms with Gasteiger partial charge in [0.15, 0.2) is 11.2 Å². The van der Waals surface area contributed by atoms with Gasteiger partial charge >= 0.3 is 35.8 Å². The molecule has 0 rings (SSSR count). The van der Waals surface area contributed by atoms with Gasteiger partial charge in [0.1, 0.15) is 0 Å². The molecule has 14 nitrogen and oxygen atoms in total. The summed E-state index contributed by atoms with van der Waals surface area (Å²) in [7, 11) is 0. The van der Waals surface area contributed by atoms with E-state index in [0.29, 0.717) is 0 Å². The molecule has 0 aliphatic rings. The van der Waals surface area contributed by atoms with Gasteiger partial charge in [0, 0.05) is 63.2 Å². The van der Waals surface area contributed by atoms with Gasteiger partial charge in [-0.1, -0.05) is 0 Å². The van der Waals surface area contributed by atoms with Crippen molar-refractivity contribution >= 4 is 35.8 Å². The number of hydrogen-bond donors (Lipinski definition) is 8. The van der Waals surface area contributed by atoms with Crippen LogP contribution in [0.3, 0.4) is 0 Å². The SMILES string of the molecule is O=C(O)CC(O)(CC(=O)O)C(=O)O.O=C(O)CC(O)(CC(=O)O)C(=O)O.[Pt].[Pt].[Pt]. The molecular weight excluding hydrogens is 953 g/mol. The average Bonchev–Trinajstić information content (AvgIpc) is 2.34. The van der Waals surface area contributed by atoms with E-state index >= 15 is 0 Å². The molecule has 0 aromatic heterocycles. The Labute approximate surface area is 204 Å². The summed E-state index contributed by atoms with van der Waals surface area (Å²) < 4.78 is 0. The molecule has 0 bridgehead atoms. The van der Waals surface area contributed by atoms with E-state index in [9.17, 15) is 28.8 Å². The van der Waals surface area contributed by atoms with Gasteiger partial charge in [-0.3, -0.25) is 19.2 Å². The standard InChI is InChI=1S/2C6H8O7.3Pt/c2*7-3(8)1-6(13,5(11)12)2-4(9)10;;;/h2*13H,1-2H2,(H,7,8)(H,9,10)(H,11,12);;;. The van der Waals surface area contributed by atoms with E-state index in [2.05, 4.69) is 0 Å². The normalized spacial score (nSPS) is 9.72. The predicted octanol–water partition coefficient (Wildman–Crippen LogP) is -2.50. The fourth-order valence-electron chi connectivity index (χ4n) is 1.43. The van der Waals surface area contributed by atoms with Crippen molar-refractivity contribution in [1.82, 2.24) is 0 Å². The second kappa shape index (κ2) is 16.6. The Kier molecular flexibility index (Phi) is 22.0. The Morgan fingerprint density at radius 1 is 0.448 bits per heavy atom. The summed E-state index contributed by atoms with van der Waals surface area (Å²) >= 11 is 0. The van der Waals surface area contributed by atoms with E-state index in [1.54, 1.807) is 0 Å². The molecule has 0 amide bonds. The minimum atomic E-state index is -2.74. The molecular formula is C12H16O14Pt3. The van der Waals surface area contributed by atoms with Crippen LogP contribution in [0.2, 0.25) is 0 Å². The summed E-state index contributed by atoms with van der Waals surface area (Å²) in [4.78, 5) is 61.0. The minimum Gasteiger partial charge on any atom is -0.481 e. The van der Waals surface area contributed by atoms with Crippen LogP contribution in [0.5, 0.6) is 0 Å². The third-order valence-electron chi connectivity index (χ3n) is 2.57. The molecule has 0 heterocycles. The van der Waals surface area contributed by atoms with Crippen LogP contribution >= 0.6 is 0 Å². The van der Waals surface area contributed by atoms with E-state index < -0.39 is 72.7 Å². The molecule has 0 aromatic rings. The van der Waals surface area contributed by atoms with Crippen molar-refractivity contribution in [2.45, 2.75) is 36.9 Å². The van der Waals surface area contributed by atoms with Gasteiger partial charge in [-0.15, -0.1) is 0 Å². The Morgan fingerprint density at radius 2 is 0.586 bits per heavy atom. The zero-order valence-corrected chi connectivity index (χ0v) is 20.6.